The number of hydrogen-bond donors (Lipinski definition) is 2. The number of halogens is 1. The van der Waals surface area contributed by atoms with E-state index in [-0.39, 0.29) is 29.3 Å². The Bertz CT molecular complexity index is 1140. The van der Waals surface area contributed by atoms with Gasteiger partial charge >= 0.3 is 0 Å². The summed E-state index contributed by atoms with van der Waals surface area (Å²) in [5.74, 6) is 0.340. The van der Waals surface area contributed by atoms with Crippen LogP contribution in [0.15, 0.2) is 36.5 Å². The van der Waals surface area contributed by atoms with Crippen molar-refractivity contribution in [3.8, 4) is 0 Å². The summed E-state index contributed by atoms with van der Waals surface area (Å²) in [6.07, 6.45) is 3.00. The Morgan fingerprint density at radius 3 is 2.63 bits per heavy atom. The number of nitrogens with one attached hydrogen (secondary N) is 2. The van der Waals surface area contributed by atoms with Crippen LogP contribution < -0.4 is 0 Å². The zero-order valence-corrected chi connectivity index (χ0v) is 20.5. The molecule has 0 saturated carbocycles. The van der Waals surface area contributed by atoms with Gasteiger partial charge in [-0.25, -0.2) is 9.37 Å². The smallest absolute Gasteiger partial charge is 0.272 e. The Morgan fingerprint density at radius 1 is 1.26 bits per heavy atom. The third-order valence-corrected chi connectivity index (χ3v) is 6.34. The third kappa shape index (κ3) is 5.35. The average Bonchev–Trinajstić information content (AvgIpc) is 3.41. The van der Waals surface area contributed by atoms with Gasteiger partial charge in [0.05, 0.1) is 18.5 Å². The zero-order valence-electron chi connectivity index (χ0n) is 20.5. The molecule has 2 aliphatic rings. The highest BCUT2D eigenvalue weighted by Gasteiger charge is 2.44. The first kappa shape index (κ1) is 24.8. The van der Waals surface area contributed by atoms with Crippen molar-refractivity contribution >= 4 is 23.1 Å². The van der Waals surface area contributed by atoms with Crippen LogP contribution in [-0.2, 0) is 9.53 Å². The summed E-state index contributed by atoms with van der Waals surface area (Å²) in [6, 6.07) is 5.76. The van der Waals surface area contributed by atoms with Crippen molar-refractivity contribution in [3.05, 3.63) is 59.4 Å². The summed E-state index contributed by atoms with van der Waals surface area (Å²) >= 11 is 0. The summed E-state index contributed by atoms with van der Waals surface area (Å²) < 4.78 is 19.2. The largest absolute Gasteiger partial charge is 0.343 e. The topological polar surface area (TPSA) is 102 Å². The second-order valence-corrected chi connectivity index (χ2v) is 9.81. The highest BCUT2D eigenvalue weighted by Crippen LogP contribution is 2.27. The van der Waals surface area contributed by atoms with E-state index in [2.05, 4.69) is 23.8 Å². The van der Waals surface area contributed by atoms with Gasteiger partial charge in [0, 0.05) is 13.1 Å². The SMILES string of the molecule is CC(C)CC1OC2CN(C(=O)c3cnc(/C(=C\C(=N)c4ccc(F)cc4)C(C)C)[nH]3)CCN2C1=O. The minimum atomic E-state index is -0.441. The molecular formula is C26H32FN5O3. The van der Waals surface area contributed by atoms with E-state index in [0.29, 0.717) is 49.1 Å². The number of piperazine rings is 1. The molecule has 0 radical (unpaired) electrons. The molecule has 186 valence electrons. The van der Waals surface area contributed by atoms with E-state index in [1.165, 1.54) is 18.3 Å². The van der Waals surface area contributed by atoms with Gasteiger partial charge in [-0.2, -0.15) is 0 Å². The first-order chi connectivity index (χ1) is 16.6. The predicted octanol–water partition coefficient (Wildman–Crippen LogP) is 3.71. The average molecular weight is 482 g/mol. The highest BCUT2D eigenvalue weighted by molar-refractivity contribution is 6.10. The van der Waals surface area contributed by atoms with Gasteiger partial charge in [-0.05, 0) is 59.7 Å². The Morgan fingerprint density at radius 2 is 1.97 bits per heavy atom. The van der Waals surface area contributed by atoms with Crippen LogP contribution in [0, 0.1) is 23.1 Å². The van der Waals surface area contributed by atoms with Gasteiger partial charge in [-0.1, -0.05) is 27.7 Å². The lowest BCUT2D eigenvalue weighted by molar-refractivity contribution is -0.131. The number of benzene rings is 1. The molecule has 2 N–H and O–H groups in total. The molecular weight excluding hydrogens is 449 g/mol. The number of carbonyl (C=O) groups excluding carboxylic acids is 2. The number of hydrogen-bond acceptors (Lipinski definition) is 5. The summed E-state index contributed by atoms with van der Waals surface area (Å²) in [6.45, 7) is 9.26. The first-order valence-corrected chi connectivity index (χ1v) is 12.0. The van der Waals surface area contributed by atoms with Crippen molar-refractivity contribution < 1.29 is 18.7 Å². The summed E-state index contributed by atoms with van der Waals surface area (Å²) in [7, 11) is 0. The van der Waals surface area contributed by atoms with Crippen LogP contribution in [0.3, 0.4) is 0 Å². The Balaban J connectivity index is 1.47. The van der Waals surface area contributed by atoms with Gasteiger partial charge in [-0.15, -0.1) is 0 Å². The van der Waals surface area contributed by atoms with Crippen molar-refractivity contribution in [1.82, 2.24) is 19.8 Å². The van der Waals surface area contributed by atoms with Gasteiger partial charge in [0.15, 0.2) is 6.23 Å². The lowest BCUT2D eigenvalue weighted by Gasteiger charge is -2.35. The molecule has 0 spiro atoms. The number of imidazole rings is 1. The molecule has 2 saturated heterocycles. The number of nitrogens with zero attached hydrogens (tertiary/aromatic N) is 3. The number of carbonyl (C=O) groups is 2. The summed E-state index contributed by atoms with van der Waals surface area (Å²) in [5, 5.41) is 8.41. The van der Waals surface area contributed by atoms with Crippen LogP contribution in [-0.4, -0.2) is 69.3 Å². The Kier molecular flexibility index (Phi) is 7.16. The number of fused-ring (bicyclic) bond motifs is 1. The number of allylic oxidation sites excluding steroid dienone is 2. The fourth-order valence-electron chi connectivity index (χ4n) is 4.44. The van der Waals surface area contributed by atoms with E-state index in [0.717, 1.165) is 5.57 Å². The maximum absolute atomic E-state index is 13.2. The lowest BCUT2D eigenvalue weighted by Crippen LogP contribution is -2.53. The van der Waals surface area contributed by atoms with Crippen molar-refractivity contribution in [1.29, 1.82) is 5.41 Å². The van der Waals surface area contributed by atoms with E-state index in [1.807, 2.05) is 13.8 Å². The number of rotatable bonds is 7. The normalized spacial score (nSPS) is 20.7. The predicted molar refractivity (Wildman–Crippen MR) is 130 cm³/mol. The van der Waals surface area contributed by atoms with Gasteiger partial charge < -0.3 is 24.9 Å². The monoisotopic (exact) mass is 481 g/mol. The molecule has 2 aromatic rings. The zero-order chi connectivity index (χ0) is 25.3. The highest BCUT2D eigenvalue weighted by atomic mass is 19.1. The van der Waals surface area contributed by atoms with Crippen LogP contribution in [0.25, 0.3) is 5.57 Å². The fourth-order valence-corrected chi connectivity index (χ4v) is 4.44. The maximum Gasteiger partial charge on any atom is 0.272 e. The second-order valence-electron chi connectivity index (χ2n) is 9.81. The van der Waals surface area contributed by atoms with Gasteiger partial charge in [0.2, 0.25) is 0 Å². The minimum Gasteiger partial charge on any atom is -0.343 e. The molecule has 35 heavy (non-hydrogen) atoms. The molecule has 2 atom stereocenters. The van der Waals surface area contributed by atoms with E-state index < -0.39 is 12.3 Å². The fraction of sp³-hybridized carbons (Fsp3) is 0.462. The van der Waals surface area contributed by atoms with Crippen LogP contribution >= 0.6 is 0 Å². The van der Waals surface area contributed by atoms with Crippen molar-refractivity contribution in [2.24, 2.45) is 11.8 Å². The molecule has 9 heteroatoms. The van der Waals surface area contributed by atoms with Crippen LogP contribution in [0.4, 0.5) is 4.39 Å². The van der Waals surface area contributed by atoms with Crippen LogP contribution in [0.1, 0.15) is 56.0 Å². The molecule has 2 amide bonds. The molecule has 8 nitrogen and oxygen atoms in total. The number of aromatic amines is 1. The standard InChI is InChI=1S/C26H32FN5O3/c1-15(2)11-22-26(34)32-10-9-31(14-23(32)35-22)25(33)21-13-29-24(30-21)19(16(3)4)12-20(28)17-5-7-18(27)8-6-17/h5-8,12-13,15-16,22-23,28H,9-11,14H2,1-4H3,(H,29,30)/b19-12-,28-20?. The molecule has 2 aliphatic heterocycles. The van der Waals surface area contributed by atoms with E-state index >= 15 is 0 Å². The lowest BCUT2D eigenvalue weighted by atomic mass is 9.98. The Hall–Kier alpha value is -3.33. The van der Waals surface area contributed by atoms with E-state index in [1.54, 1.807) is 28.0 Å². The Labute approximate surface area is 204 Å². The maximum atomic E-state index is 13.2. The van der Waals surface area contributed by atoms with Gasteiger partial charge in [0.25, 0.3) is 11.8 Å². The quantitative estimate of drug-likeness (QED) is 0.589. The molecule has 0 aliphatic carbocycles. The number of ether oxygens (including phenoxy) is 1. The molecule has 4 rings (SSSR count). The number of aromatic nitrogens is 2. The molecule has 2 fully saturated rings. The number of amides is 2. The number of H-pyrrole nitrogens is 1. The third-order valence-electron chi connectivity index (χ3n) is 6.34. The minimum absolute atomic E-state index is 0.00920. The van der Waals surface area contributed by atoms with E-state index in [4.69, 9.17) is 10.1 Å². The second kappa shape index (κ2) is 10.1. The van der Waals surface area contributed by atoms with Gasteiger partial charge in [-0.3, -0.25) is 9.59 Å². The van der Waals surface area contributed by atoms with Crippen LogP contribution in [0.2, 0.25) is 0 Å². The molecule has 1 aromatic carbocycles. The molecule has 3 heterocycles. The molecule has 1 aromatic heterocycles. The first-order valence-electron chi connectivity index (χ1n) is 12.0. The molecule has 0 bridgehead atoms. The molecule has 2 unspecified atom stereocenters. The van der Waals surface area contributed by atoms with Crippen molar-refractivity contribution in [2.45, 2.75) is 46.4 Å². The summed E-state index contributed by atoms with van der Waals surface area (Å²) in [5.41, 5.74) is 1.93. The summed E-state index contributed by atoms with van der Waals surface area (Å²) in [4.78, 5) is 36.8. The van der Waals surface area contributed by atoms with Crippen molar-refractivity contribution in [3.63, 3.8) is 0 Å². The van der Waals surface area contributed by atoms with Crippen molar-refractivity contribution in [2.75, 3.05) is 19.6 Å². The van der Waals surface area contributed by atoms with Gasteiger partial charge in [0.1, 0.15) is 23.4 Å². The van der Waals surface area contributed by atoms with Crippen LogP contribution in [0.5, 0.6) is 0 Å². The van der Waals surface area contributed by atoms with E-state index in [9.17, 15) is 14.0 Å².